The van der Waals surface area contributed by atoms with Crippen molar-refractivity contribution in [1.29, 1.82) is 0 Å². The highest BCUT2D eigenvalue weighted by Crippen LogP contribution is 2.12. The number of nitrogens with one attached hydrogen (secondary N) is 1. The zero-order valence-electron chi connectivity index (χ0n) is 6.89. The minimum atomic E-state index is -0.604. The van der Waals surface area contributed by atoms with Gasteiger partial charge in [-0.2, -0.15) is 0 Å². The molecular formula is C8H13NO2. The normalized spacial score (nSPS) is 30.0. The van der Waals surface area contributed by atoms with Gasteiger partial charge in [-0.1, -0.05) is 12.2 Å². The fourth-order valence-corrected chi connectivity index (χ4v) is 1.15. The molecule has 0 aliphatic carbocycles. The molecule has 0 saturated heterocycles. The predicted molar refractivity (Wildman–Crippen MR) is 42.2 cm³/mol. The molecule has 1 N–H and O–H groups in total. The second-order valence-corrected chi connectivity index (χ2v) is 2.81. The molecule has 1 aliphatic rings. The maximum atomic E-state index is 11.2. The summed E-state index contributed by atoms with van der Waals surface area (Å²) in [4.78, 5) is 11.2. The van der Waals surface area contributed by atoms with Crippen molar-refractivity contribution >= 4 is 5.97 Å². The van der Waals surface area contributed by atoms with Crippen molar-refractivity contribution < 1.29 is 9.53 Å². The molecule has 0 saturated carbocycles. The van der Waals surface area contributed by atoms with Gasteiger partial charge in [0.15, 0.2) is 0 Å². The Balaban J connectivity index is 2.71. The van der Waals surface area contributed by atoms with E-state index in [9.17, 15) is 4.79 Å². The van der Waals surface area contributed by atoms with Crippen LogP contribution >= 0.6 is 0 Å². The van der Waals surface area contributed by atoms with Crippen LogP contribution in [0.25, 0.3) is 0 Å². The van der Waals surface area contributed by atoms with Crippen molar-refractivity contribution in [3.63, 3.8) is 0 Å². The lowest BCUT2D eigenvalue weighted by Crippen LogP contribution is -2.50. The number of hydrogen-bond donors (Lipinski definition) is 1. The van der Waals surface area contributed by atoms with E-state index in [0.717, 1.165) is 13.0 Å². The van der Waals surface area contributed by atoms with E-state index in [1.54, 1.807) is 0 Å². The van der Waals surface area contributed by atoms with Crippen molar-refractivity contribution in [2.45, 2.75) is 18.9 Å². The molecule has 0 spiro atoms. The summed E-state index contributed by atoms with van der Waals surface area (Å²) >= 11 is 0. The largest absolute Gasteiger partial charge is 0.467 e. The van der Waals surface area contributed by atoms with Crippen LogP contribution < -0.4 is 5.32 Å². The quantitative estimate of drug-likeness (QED) is 0.442. The standard InChI is InChI=1S/C8H13NO2/c1-8(7(10)11-2)5-3-4-6-9-8/h3,5,9H,4,6H2,1-2H3. The first kappa shape index (κ1) is 8.27. The molecule has 0 aromatic carbocycles. The number of rotatable bonds is 1. The smallest absolute Gasteiger partial charge is 0.329 e. The first-order chi connectivity index (χ1) is 5.19. The van der Waals surface area contributed by atoms with Crippen LogP contribution in [0.2, 0.25) is 0 Å². The van der Waals surface area contributed by atoms with E-state index >= 15 is 0 Å². The first-order valence-corrected chi connectivity index (χ1v) is 3.70. The third kappa shape index (κ3) is 1.60. The van der Waals surface area contributed by atoms with E-state index in [-0.39, 0.29) is 5.97 Å². The van der Waals surface area contributed by atoms with Gasteiger partial charge in [0.1, 0.15) is 5.54 Å². The van der Waals surface area contributed by atoms with Crippen molar-refractivity contribution in [3.05, 3.63) is 12.2 Å². The highest BCUT2D eigenvalue weighted by Gasteiger charge is 2.31. The Morgan fingerprint density at radius 3 is 2.91 bits per heavy atom. The highest BCUT2D eigenvalue weighted by atomic mass is 16.5. The summed E-state index contributed by atoms with van der Waals surface area (Å²) < 4.78 is 4.64. The molecule has 0 fully saturated rings. The number of ether oxygens (including phenoxy) is 1. The lowest BCUT2D eigenvalue weighted by atomic mass is 9.98. The maximum absolute atomic E-state index is 11.2. The van der Waals surface area contributed by atoms with E-state index in [1.165, 1.54) is 7.11 Å². The van der Waals surface area contributed by atoms with E-state index in [4.69, 9.17) is 0 Å². The maximum Gasteiger partial charge on any atom is 0.329 e. The summed E-state index contributed by atoms with van der Waals surface area (Å²) in [7, 11) is 1.40. The summed E-state index contributed by atoms with van der Waals surface area (Å²) in [6.07, 6.45) is 4.82. The molecule has 0 bridgehead atoms. The Morgan fingerprint density at radius 1 is 1.73 bits per heavy atom. The van der Waals surface area contributed by atoms with Crippen LogP contribution in [0.15, 0.2) is 12.2 Å². The molecule has 1 rings (SSSR count). The zero-order chi connectivity index (χ0) is 8.32. The second-order valence-electron chi connectivity index (χ2n) is 2.81. The Labute approximate surface area is 66.4 Å². The Hall–Kier alpha value is -0.830. The van der Waals surface area contributed by atoms with Crippen molar-refractivity contribution in [1.82, 2.24) is 5.32 Å². The van der Waals surface area contributed by atoms with Crippen LogP contribution in [0.5, 0.6) is 0 Å². The van der Waals surface area contributed by atoms with Gasteiger partial charge >= 0.3 is 5.97 Å². The van der Waals surface area contributed by atoms with Gasteiger partial charge in [0.2, 0.25) is 0 Å². The average Bonchev–Trinajstić information content (AvgIpc) is 2.04. The van der Waals surface area contributed by atoms with Crippen molar-refractivity contribution in [2.24, 2.45) is 0 Å². The molecular weight excluding hydrogens is 142 g/mol. The fourth-order valence-electron chi connectivity index (χ4n) is 1.15. The van der Waals surface area contributed by atoms with Crippen LogP contribution in [-0.2, 0) is 9.53 Å². The fraction of sp³-hybridized carbons (Fsp3) is 0.625. The monoisotopic (exact) mass is 155 g/mol. The van der Waals surface area contributed by atoms with Gasteiger partial charge < -0.3 is 4.74 Å². The third-order valence-electron chi connectivity index (χ3n) is 1.86. The minimum absolute atomic E-state index is 0.228. The molecule has 1 aliphatic heterocycles. The Morgan fingerprint density at radius 2 is 2.45 bits per heavy atom. The van der Waals surface area contributed by atoms with Gasteiger partial charge in [-0.05, 0) is 19.9 Å². The predicted octanol–water partition coefficient (Wildman–Crippen LogP) is 0.468. The Bertz CT molecular complexity index is 189. The number of esters is 1. The summed E-state index contributed by atoms with van der Waals surface area (Å²) in [5, 5.41) is 3.08. The van der Waals surface area contributed by atoms with E-state index in [2.05, 4.69) is 10.1 Å². The number of hydrogen-bond acceptors (Lipinski definition) is 3. The molecule has 0 amide bonds. The molecule has 0 aromatic rings. The molecule has 1 unspecified atom stereocenters. The summed E-state index contributed by atoms with van der Waals surface area (Å²) in [5.74, 6) is -0.228. The van der Waals surface area contributed by atoms with Gasteiger partial charge in [-0.15, -0.1) is 0 Å². The summed E-state index contributed by atoms with van der Waals surface area (Å²) in [5.41, 5.74) is -0.604. The lowest BCUT2D eigenvalue weighted by Gasteiger charge is -2.27. The van der Waals surface area contributed by atoms with Gasteiger partial charge in [0.25, 0.3) is 0 Å². The van der Waals surface area contributed by atoms with Gasteiger partial charge in [0.05, 0.1) is 7.11 Å². The van der Waals surface area contributed by atoms with E-state index in [0.29, 0.717) is 0 Å². The minimum Gasteiger partial charge on any atom is -0.467 e. The molecule has 1 heterocycles. The van der Waals surface area contributed by atoms with E-state index in [1.807, 2.05) is 19.1 Å². The molecule has 1 atom stereocenters. The van der Waals surface area contributed by atoms with Crippen molar-refractivity contribution in [3.8, 4) is 0 Å². The van der Waals surface area contributed by atoms with Gasteiger partial charge in [-0.3, -0.25) is 5.32 Å². The van der Waals surface area contributed by atoms with E-state index < -0.39 is 5.54 Å². The van der Waals surface area contributed by atoms with Crippen molar-refractivity contribution in [2.75, 3.05) is 13.7 Å². The van der Waals surface area contributed by atoms with Gasteiger partial charge in [0, 0.05) is 0 Å². The molecule has 3 heteroatoms. The van der Waals surface area contributed by atoms with Crippen LogP contribution in [-0.4, -0.2) is 25.2 Å². The summed E-state index contributed by atoms with van der Waals surface area (Å²) in [6.45, 7) is 2.65. The number of carbonyl (C=O) groups is 1. The number of carbonyl (C=O) groups excluding carboxylic acids is 1. The second kappa shape index (κ2) is 3.05. The van der Waals surface area contributed by atoms with Crippen LogP contribution in [0.4, 0.5) is 0 Å². The average molecular weight is 155 g/mol. The first-order valence-electron chi connectivity index (χ1n) is 3.70. The zero-order valence-corrected chi connectivity index (χ0v) is 6.89. The van der Waals surface area contributed by atoms with Crippen LogP contribution in [0, 0.1) is 0 Å². The number of methoxy groups -OCH3 is 1. The highest BCUT2D eigenvalue weighted by molar-refractivity contribution is 5.82. The lowest BCUT2D eigenvalue weighted by molar-refractivity contribution is -0.145. The molecule has 0 aromatic heterocycles. The van der Waals surface area contributed by atoms with Crippen LogP contribution in [0.3, 0.4) is 0 Å². The molecule has 3 nitrogen and oxygen atoms in total. The topological polar surface area (TPSA) is 38.3 Å². The molecule has 11 heavy (non-hydrogen) atoms. The SMILES string of the molecule is COC(=O)C1(C)C=CCCN1. The Kier molecular flexibility index (Phi) is 2.29. The van der Waals surface area contributed by atoms with Crippen LogP contribution in [0.1, 0.15) is 13.3 Å². The third-order valence-corrected chi connectivity index (χ3v) is 1.86. The molecule has 0 radical (unpaired) electrons. The van der Waals surface area contributed by atoms with Gasteiger partial charge in [-0.25, -0.2) is 4.79 Å². The molecule has 62 valence electrons. The summed E-state index contributed by atoms with van der Waals surface area (Å²) in [6, 6.07) is 0.